The molecular weight excluding hydrogens is 270 g/mol. The molecule has 20 heavy (non-hydrogen) atoms. The molecule has 10 heteroatoms. The maximum atomic E-state index is 11.7. The van der Waals surface area contributed by atoms with Gasteiger partial charge in [-0.3, -0.25) is 10.2 Å². The number of rotatable bonds is 4. The minimum atomic E-state index is -1.46. The van der Waals surface area contributed by atoms with Crippen LogP contribution >= 0.6 is 0 Å². The normalized spacial score (nSPS) is 30.3. The number of aliphatic hydroxyl groups is 3. The minimum Gasteiger partial charge on any atom is -0.395 e. The van der Waals surface area contributed by atoms with Gasteiger partial charge in [0.1, 0.15) is 30.1 Å². The number of allylic oxidation sites excluding steroid dienone is 1. The fraction of sp³-hybridized carbons (Fsp3) is 0.500. The number of nitrogens with zero attached hydrogens (tertiary/aromatic N) is 1. The van der Waals surface area contributed by atoms with Gasteiger partial charge in [-0.25, -0.2) is 0 Å². The average molecular weight is 285 g/mol. The van der Waals surface area contributed by atoms with Crippen LogP contribution in [-0.2, 0) is 9.53 Å². The molecule has 0 radical (unpaired) electrons. The summed E-state index contributed by atoms with van der Waals surface area (Å²) in [4.78, 5) is 11.7. The topological polar surface area (TPSA) is 199 Å². The Morgan fingerprint density at radius 3 is 2.40 bits per heavy atom. The molecule has 9 N–H and O–H groups in total. The Morgan fingerprint density at radius 1 is 1.35 bits per heavy atom. The lowest BCUT2D eigenvalue weighted by Gasteiger charge is -2.16. The van der Waals surface area contributed by atoms with Gasteiger partial charge < -0.3 is 36.8 Å². The summed E-state index contributed by atoms with van der Waals surface area (Å²) in [7, 11) is 0. The molecule has 10 nitrogen and oxygen atoms in total. The number of carbonyl (C=O) groups is 1. The van der Waals surface area contributed by atoms with Crippen molar-refractivity contribution < 1.29 is 24.9 Å². The molecule has 0 aromatic rings. The Bertz CT molecular complexity index is 485. The molecule has 1 amide bonds. The van der Waals surface area contributed by atoms with E-state index in [1.165, 1.54) is 6.07 Å². The molecule has 1 rings (SSSR count). The van der Waals surface area contributed by atoms with E-state index in [4.69, 9.17) is 32.0 Å². The van der Waals surface area contributed by atoms with Crippen LogP contribution in [-0.4, -0.2) is 58.1 Å². The van der Waals surface area contributed by atoms with Crippen LogP contribution in [0.4, 0.5) is 0 Å². The summed E-state index contributed by atoms with van der Waals surface area (Å²) < 4.78 is 5.00. The minimum absolute atomic E-state index is 0.517. The van der Waals surface area contributed by atoms with Gasteiger partial charge in [0, 0.05) is 0 Å². The molecule has 1 fully saturated rings. The molecule has 1 aliphatic heterocycles. The van der Waals surface area contributed by atoms with Crippen LogP contribution in [0.1, 0.15) is 0 Å². The molecule has 0 aromatic carbocycles. The second kappa shape index (κ2) is 6.31. The first-order valence-electron chi connectivity index (χ1n) is 5.51. The summed E-state index contributed by atoms with van der Waals surface area (Å²) in [5, 5.41) is 45.7. The van der Waals surface area contributed by atoms with Crippen LogP contribution in [0, 0.1) is 16.7 Å². The highest BCUT2D eigenvalue weighted by molar-refractivity contribution is 6.13. The predicted molar refractivity (Wildman–Crippen MR) is 64.6 cm³/mol. The van der Waals surface area contributed by atoms with Crippen LogP contribution in [0.25, 0.3) is 0 Å². The Kier molecular flexibility index (Phi) is 5.00. The van der Waals surface area contributed by atoms with Crippen LogP contribution in [0.15, 0.2) is 11.4 Å². The molecule has 0 spiro atoms. The smallest absolute Gasteiger partial charge is 0.271 e. The number of ether oxygens (including phenoxy) is 1. The standard InChI is InChI=1S/C10H15N5O5/c11-1-3(12)5(13)6(14)9(19)15-10-8(18)7(17)4(2-16)20-10/h4,7-8,10,12,16-18H,2,13-14H2,(H,15,19)/b6-5+,12-3?. The van der Waals surface area contributed by atoms with Crippen molar-refractivity contribution in [3.05, 3.63) is 11.4 Å². The van der Waals surface area contributed by atoms with Crippen molar-refractivity contribution in [2.75, 3.05) is 6.61 Å². The predicted octanol–water partition coefficient (Wildman–Crippen LogP) is -3.79. The van der Waals surface area contributed by atoms with Crippen molar-refractivity contribution in [2.45, 2.75) is 24.5 Å². The zero-order valence-corrected chi connectivity index (χ0v) is 10.3. The lowest BCUT2D eigenvalue weighted by atomic mass is 10.1. The fourth-order valence-corrected chi connectivity index (χ4v) is 1.54. The van der Waals surface area contributed by atoms with Crippen molar-refractivity contribution in [3.8, 4) is 6.07 Å². The van der Waals surface area contributed by atoms with Gasteiger partial charge in [-0.15, -0.1) is 0 Å². The van der Waals surface area contributed by atoms with E-state index in [0.717, 1.165) is 0 Å². The van der Waals surface area contributed by atoms with E-state index >= 15 is 0 Å². The zero-order valence-electron chi connectivity index (χ0n) is 10.3. The first-order chi connectivity index (χ1) is 9.33. The van der Waals surface area contributed by atoms with Crippen molar-refractivity contribution in [3.63, 3.8) is 0 Å². The molecule has 4 unspecified atom stereocenters. The largest absolute Gasteiger partial charge is 0.395 e. The van der Waals surface area contributed by atoms with E-state index in [9.17, 15) is 15.0 Å². The molecule has 0 bridgehead atoms. The van der Waals surface area contributed by atoms with E-state index < -0.39 is 54.2 Å². The van der Waals surface area contributed by atoms with Crippen molar-refractivity contribution in [1.82, 2.24) is 5.32 Å². The zero-order chi connectivity index (χ0) is 15.4. The number of amides is 1. The summed E-state index contributed by atoms with van der Waals surface area (Å²) in [5.74, 6) is -0.975. The second-order valence-electron chi connectivity index (χ2n) is 4.05. The molecule has 1 heterocycles. The van der Waals surface area contributed by atoms with E-state index in [1.54, 1.807) is 0 Å². The van der Waals surface area contributed by atoms with Gasteiger partial charge >= 0.3 is 0 Å². The Hall–Kier alpha value is -2.19. The SMILES string of the molecule is N#CC(=N)/C(N)=C(\N)C(=O)NC1OC(CO)C(O)C1O. The number of aliphatic hydroxyl groups excluding tert-OH is 3. The van der Waals surface area contributed by atoms with E-state index in [0.29, 0.717) is 0 Å². The summed E-state index contributed by atoms with van der Waals surface area (Å²) in [6, 6.07) is 1.41. The Morgan fingerprint density at radius 2 is 1.95 bits per heavy atom. The molecule has 110 valence electrons. The van der Waals surface area contributed by atoms with E-state index in [-0.39, 0.29) is 0 Å². The Balaban J connectivity index is 2.78. The third-order valence-corrected chi connectivity index (χ3v) is 2.73. The molecule has 0 aromatic heterocycles. The highest BCUT2D eigenvalue weighted by Crippen LogP contribution is 2.19. The number of nitrogens with two attached hydrogens (primary N) is 2. The molecule has 4 atom stereocenters. The molecule has 0 aliphatic carbocycles. The van der Waals surface area contributed by atoms with Crippen LogP contribution in [0.2, 0.25) is 0 Å². The first kappa shape index (κ1) is 15.9. The van der Waals surface area contributed by atoms with Crippen LogP contribution in [0.3, 0.4) is 0 Å². The number of nitriles is 1. The van der Waals surface area contributed by atoms with Gasteiger partial charge in [-0.2, -0.15) is 5.26 Å². The number of hydrogen-bond acceptors (Lipinski definition) is 9. The number of hydrogen-bond donors (Lipinski definition) is 7. The summed E-state index contributed by atoms with van der Waals surface area (Å²) in [6.07, 6.45) is -5.17. The van der Waals surface area contributed by atoms with E-state index in [2.05, 4.69) is 5.32 Å². The quantitative estimate of drug-likeness (QED) is 0.201. The summed E-state index contributed by atoms with van der Waals surface area (Å²) >= 11 is 0. The van der Waals surface area contributed by atoms with Crippen molar-refractivity contribution in [1.29, 1.82) is 10.7 Å². The number of nitrogens with one attached hydrogen (secondary N) is 2. The third-order valence-electron chi connectivity index (χ3n) is 2.73. The third kappa shape index (κ3) is 3.03. The van der Waals surface area contributed by atoms with Gasteiger partial charge in [-0.1, -0.05) is 0 Å². The molecule has 0 saturated carbocycles. The monoisotopic (exact) mass is 285 g/mol. The molecular formula is C10H15N5O5. The highest BCUT2D eigenvalue weighted by atomic mass is 16.6. The number of carbonyl (C=O) groups excluding carboxylic acids is 1. The maximum Gasteiger partial charge on any atom is 0.271 e. The summed E-state index contributed by atoms with van der Waals surface area (Å²) in [5.41, 5.74) is 8.89. The summed E-state index contributed by atoms with van der Waals surface area (Å²) in [6.45, 7) is -0.545. The maximum absolute atomic E-state index is 11.7. The van der Waals surface area contributed by atoms with Crippen LogP contribution in [0.5, 0.6) is 0 Å². The van der Waals surface area contributed by atoms with Gasteiger partial charge in [0.05, 0.1) is 12.3 Å². The van der Waals surface area contributed by atoms with Gasteiger partial charge in [0.2, 0.25) is 0 Å². The van der Waals surface area contributed by atoms with Gasteiger partial charge in [0.25, 0.3) is 5.91 Å². The lowest BCUT2D eigenvalue weighted by Crippen LogP contribution is -2.46. The molecule has 1 saturated heterocycles. The average Bonchev–Trinajstić information content (AvgIpc) is 2.72. The second-order valence-corrected chi connectivity index (χ2v) is 4.05. The molecule has 1 aliphatic rings. The van der Waals surface area contributed by atoms with Crippen LogP contribution < -0.4 is 16.8 Å². The van der Waals surface area contributed by atoms with Gasteiger partial charge in [0.15, 0.2) is 11.9 Å². The lowest BCUT2D eigenvalue weighted by molar-refractivity contribution is -0.124. The van der Waals surface area contributed by atoms with Crippen molar-refractivity contribution >= 4 is 11.6 Å². The van der Waals surface area contributed by atoms with Crippen molar-refractivity contribution in [2.24, 2.45) is 11.5 Å². The highest BCUT2D eigenvalue weighted by Gasteiger charge is 2.43. The van der Waals surface area contributed by atoms with Gasteiger partial charge in [-0.05, 0) is 0 Å². The van der Waals surface area contributed by atoms with E-state index in [1.807, 2.05) is 0 Å². The first-order valence-corrected chi connectivity index (χ1v) is 5.51. The Labute approximate surface area is 113 Å². The fourth-order valence-electron chi connectivity index (χ4n) is 1.54.